The first kappa shape index (κ1) is 18.2. The third kappa shape index (κ3) is 3.52. The third-order valence-corrected chi connectivity index (χ3v) is 4.53. The Balaban J connectivity index is 2.26. The van der Waals surface area contributed by atoms with Gasteiger partial charge in [-0.05, 0) is 62.2 Å². The molecule has 132 valence electrons. The molecule has 0 aliphatic heterocycles. The van der Waals surface area contributed by atoms with Gasteiger partial charge in [-0.2, -0.15) is 31.1 Å². The van der Waals surface area contributed by atoms with E-state index in [2.05, 4.69) is 42.1 Å². The second-order valence-electron chi connectivity index (χ2n) is 4.98. The first-order valence-electron chi connectivity index (χ1n) is 6.48. The van der Waals surface area contributed by atoms with E-state index in [-0.39, 0.29) is 6.07 Å². The summed E-state index contributed by atoms with van der Waals surface area (Å²) in [5.74, 6) is 0. The average molecular weight is 489 g/mol. The lowest BCUT2D eigenvalue weighted by Crippen LogP contribution is -2.13. The van der Waals surface area contributed by atoms with Crippen molar-refractivity contribution < 1.29 is 26.3 Å². The predicted octanol–water partition coefficient (Wildman–Crippen LogP) is 5.98. The van der Waals surface area contributed by atoms with Gasteiger partial charge in [0.25, 0.3) is 0 Å². The molecule has 2 aromatic carbocycles. The summed E-state index contributed by atoms with van der Waals surface area (Å²) in [7, 11) is 0. The molecule has 3 aromatic rings. The molecule has 3 nitrogen and oxygen atoms in total. The van der Waals surface area contributed by atoms with Gasteiger partial charge in [-0.3, -0.25) is 0 Å². The van der Waals surface area contributed by atoms with E-state index >= 15 is 0 Å². The first-order valence-corrected chi connectivity index (χ1v) is 8.06. The van der Waals surface area contributed by atoms with Gasteiger partial charge in [-0.25, -0.2) is 0 Å². The van der Waals surface area contributed by atoms with Crippen LogP contribution in [0.25, 0.3) is 16.7 Å². The fourth-order valence-corrected chi connectivity index (χ4v) is 2.90. The molecule has 25 heavy (non-hydrogen) atoms. The summed E-state index contributed by atoms with van der Waals surface area (Å²) in [6.45, 7) is 0. The van der Waals surface area contributed by atoms with Crippen LogP contribution in [0.4, 0.5) is 26.3 Å². The Morgan fingerprint density at radius 1 is 0.720 bits per heavy atom. The second kappa shape index (κ2) is 5.97. The van der Waals surface area contributed by atoms with Gasteiger partial charge in [-0.1, -0.05) is 0 Å². The van der Waals surface area contributed by atoms with Crippen LogP contribution in [0.15, 0.2) is 39.3 Å². The molecule has 0 amide bonds. The van der Waals surface area contributed by atoms with Gasteiger partial charge in [-0.15, -0.1) is 10.2 Å². The Morgan fingerprint density at radius 2 is 1.12 bits per heavy atom. The van der Waals surface area contributed by atoms with Crippen molar-refractivity contribution in [2.75, 3.05) is 0 Å². The van der Waals surface area contributed by atoms with Gasteiger partial charge >= 0.3 is 12.4 Å². The summed E-state index contributed by atoms with van der Waals surface area (Å²) in [4.78, 5) is 0.741. The summed E-state index contributed by atoms with van der Waals surface area (Å²) in [6.07, 6.45) is -9.88. The monoisotopic (exact) mass is 487 g/mol. The molecular formula is C14H5Br2F6N3. The van der Waals surface area contributed by atoms with Crippen molar-refractivity contribution in [3.8, 4) is 5.69 Å². The molecule has 0 aliphatic carbocycles. The summed E-state index contributed by atoms with van der Waals surface area (Å²) >= 11 is 6.43. The minimum absolute atomic E-state index is 0.0541. The van der Waals surface area contributed by atoms with Crippen molar-refractivity contribution in [3.63, 3.8) is 0 Å². The van der Waals surface area contributed by atoms with Gasteiger partial charge in [0.05, 0.1) is 16.8 Å². The lowest BCUT2D eigenvalue weighted by Gasteiger charge is -2.13. The van der Waals surface area contributed by atoms with Gasteiger partial charge in [0.15, 0.2) is 0 Å². The molecule has 0 N–H and O–H groups in total. The van der Waals surface area contributed by atoms with Gasteiger partial charge in [0, 0.05) is 8.95 Å². The zero-order valence-corrected chi connectivity index (χ0v) is 14.9. The first-order chi connectivity index (χ1) is 11.5. The molecule has 0 saturated carbocycles. The van der Waals surface area contributed by atoms with Crippen molar-refractivity contribution in [1.29, 1.82) is 0 Å². The number of nitrogens with zero attached hydrogens (tertiary/aromatic N) is 3. The molecule has 0 aliphatic rings. The molecular weight excluding hydrogens is 484 g/mol. The van der Waals surface area contributed by atoms with Crippen LogP contribution in [0.3, 0.4) is 0 Å². The van der Waals surface area contributed by atoms with E-state index in [1.807, 2.05) is 0 Å². The summed E-state index contributed by atoms with van der Waals surface area (Å²) in [6, 6.07) is 4.43. The van der Waals surface area contributed by atoms with Crippen molar-refractivity contribution >= 4 is 42.9 Å². The highest BCUT2D eigenvalue weighted by molar-refractivity contribution is 9.11. The highest BCUT2D eigenvalue weighted by atomic mass is 79.9. The van der Waals surface area contributed by atoms with Crippen LogP contribution in [0.2, 0.25) is 0 Å². The van der Waals surface area contributed by atoms with Gasteiger partial charge < -0.3 is 0 Å². The maximum absolute atomic E-state index is 13.0. The quantitative estimate of drug-likeness (QED) is 0.394. The highest BCUT2D eigenvalue weighted by Crippen LogP contribution is 2.37. The summed E-state index contributed by atoms with van der Waals surface area (Å²) < 4.78 is 78.7. The third-order valence-electron chi connectivity index (χ3n) is 3.25. The lowest BCUT2D eigenvalue weighted by molar-refractivity contribution is -0.143. The van der Waals surface area contributed by atoms with E-state index in [9.17, 15) is 26.3 Å². The van der Waals surface area contributed by atoms with E-state index in [1.54, 1.807) is 12.1 Å². The van der Waals surface area contributed by atoms with Crippen LogP contribution < -0.4 is 0 Å². The van der Waals surface area contributed by atoms with Crippen molar-refractivity contribution in [2.45, 2.75) is 12.4 Å². The number of hydrogen-bond acceptors (Lipinski definition) is 2. The largest absolute Gasteiger partial charge is 0.416 e. The molecule has 1 aromatic heterocycles. The molecule has 0 fully saturated rings. The molecule has 0 unspecified atom stereocenters. The van der Waals surface area contributed by atoms with E-state index < -0.39 is 29.2 Å². The topological polar surface area (TPSA) is 30.7 Å². The molecule has 0 atom stereocenters. The lowest BCUT2D eigenvalue weighted by atomic mass is 10.1. The minimum atomic E-state index is -4.94. The standard InChI is InChI=1S/C14H5Br2F6N3/c15-9-1-2-10(16)12-11(9)23-25(24-12)8-4-6(13(17,18)19)3-7(5-8)14(20,21)22/h1-5H. The zero-order valence-electron chi connectivity index (χ0n) is 11.8. The number of alkyl halides is 6. The highest BCUT2D eigenvalue weighted by Gasteiger charge is 2.37. The maximum atomic E-state index is 13.0. The average Bonchev–Trinajstić information content (AvgIpc) is 2.95. The van der Waals surface area contributed by atoms with Crippen LogP contribution in [0.1, 0.15) is 11.1 Å². The number of fused-ring (bicyclic) bond motifs is 1. The fraction of sp³-hybridized carbons (Fsp3) is 0.143. The number of hydrogen-bond donors (Lipinski definition) is 0. The Hall–Kier alpha value is -1.62. The van der Waals surface area contributed by atoms with Gasteiger partial charge in [0.2, 0.25) is 0 Å². The van der Waals surface area contributed by atoms with Crippen molar-refractivity contribution in [2.24, 2.45) is 0 Å². The molecule has 0 spiro atoms. The molecule has 3 rings (SSSR count). The van der Waals surface area contributed by atoms with Crippen LogP contribution in [-0.2, 0) is 12.4 Å². The van der Waals surface area contributed by atoms with Crippen LogP contribution in [0, 0.1) is 0 Å². The summed E-state index contributed by atoms with van der Waals surface area (Å²) in [5.41, 5.74) is -2.73. The molecule has 0 bridgehead atoms. The number of rotatable bonds is 1. The zero-order chi connectivity index (χ0) is 18.6. The molecule has 11 heteroatoms. The van der Waals surface area contributed by atoms with Gasteiger partial charge in [0.1, 0.15) is 11.0 Å². The molecule has 0 radical (unpaired) electrons. The molecule has 1 heterocycles. The molecule has 0 saturated heterocycles. The van der Waals surface area contributed by atoms with Crippen LogP contribution >= 0.6 is 31.9 Å². The number of benzene rings is 2. The Labute approximate surface area is 152 Å². The van der Waals surface area contributed by atoms with Crippen molar-refractivity contribution in [3.05, 3.63) is 50.4 Å². The maximum Gasteiger partial charge on any atom is 0.416 e. The second-order valence-corrected chi connectivity index (χ2v) is 6.69. The Bertz CT molecular complexity index is 890. The Morgan fingerprint density at radius 3 is 1.48 bits per heavy atom. The SMILES string of the molecule is FC(F)(F)c1cc(-n2nc3c(Br)ccc(Br)c3n2)cc(C(F)(F)F)c1. The smallest absolute Gasteiger partial charge is 0.166 e. The fourth-order valence-electron chi connectivity index (χ4n) is 2.10. The van der Waals surface area contributed by atoms with Crippen LogP contribution in [-0.4, -0.2) is 15.0 Å². The number of aromatic nitrogens is 3. The van der Waals surface area contributed by atoms with E-state index in [0.29, 0.717) is 32.1 Å². The van der Waals surface area contributed by atoms with E-state index in [4.69, 9.17) is 0 Å². The van der Waals surface area contributed by atoms with E-state index in [0.717, 1.165) is 4.80 Å². The number of halogens is 8. The Kier molecular flexibility index (Phi) is 4.34. The normalized spacial score (nSPS) is 12.8. The minimum Gasteiger partial charge on any atom is -0.166 e. The van der Waals surface area contributed by atoms with E-state index in [1.165, 1.54) is 0 Å². The van der Waals surface area contributed by atoms with Crippen molar-refractivity contribution in [1.82, 2.24) is 15.0 Å². The summed E-state index contributed by atoms with van der Waals surface area (Å²) in [5, 5.41) is 7.97. The predicted molar refractivity (Wildman–Crippen MR) is 84.3 cm³/mol. The van der Waals surface area contributed by atoms with Crippen LogP contribution in [0.5, 0.6) is 0 Å².